The minimum absolute atomic E-state index is 0.163. The third kappa shape index (κ3) is 2.54. The number of nitrogens with two attached hydrogens (primary N) is 1. The van der Waals surface area contributed by atoms with Crippen molar-refractivity contribution in [3.05, 3.63) is 55.2 Å². The smallest absolute Gasteiger partial charge is 0.161 e. The number of piperidine rings is 1. The van der Waals surface area contributed by atoms with E-state index in [0.717, 1.165) is 71.0 Å². The molecule has 34 heavy (non-hydrogen) atoms. The Morgan fingerprint density at radius 1 is 1.18 bits per heavy atom. The van der Waals surface area contributed by atoms with Gasteiger partial charge in [0.1, 0.15) is 10.8 Å². The highest BCUT2D eigenvalue weighted by Crippen LogP contribution is 2.58. The van der Waals surface area contributed by atoms with E-state index in [0.29, 0.717) is 29.6 Å². The molecule has 1 atom stereocenters. The van der Waals surface area contributed by atoms with Crippen LogP contribution < -0.4 is 15.5 Å². The van der Waals surface area contributed by atoms with Gasteiger partial charge in [0.2, 0.25) is 0 Å². The first-order chi connectivity index (χ1) is 16.5. The van der Waals surface area contributed by atoms with E-state index in [2.05, 4.69) is 35.8 Å². The van der Waals surface area contributed by atoms with Crippen LogP contribution in [0.3, 0.4) is 0 Å². The number of ketones is 1. The number of aliphatic imine (C=N–C) groups is 1. The van der Waals surface area contributed by atoms with Crippen molar-refractivity contribution in [2.75, 3.05) is 22.9 Å². The standard InChI is InChI=1S/C26H25N5OS2/c1-12-10-15(13(2)33-12)20-16(11-27)24-29-23(28)22-19-14-6-8-30(9-7-14)25(19)34-26(22)31(24)17-4-3-5-18(32)21(17)20/h10,14,20H,3-9H2,1-2H3,(H2,28,29). The molecule has 0 radical (unpaired) electrons. The molecule has 6 aliphatic rings. The average molecular weight is 488 g/mol. The van der Waals surface area contributed by atoms with Crippen LogP contribution in [-0.4, -0.2) is 24.7 Å². The summed E-state index contributed by atoms with van der Waals surface area (Å²) in [6.07, 6.45) is 4.48. The quantitative estimate of drug-likeness (QED) is 0.598. The Morgan fingerprint density at radius 3 is 2.68 bits per heavy atom. The molecule has 6 nitrogen and oxygen atoms in total. The number of rotatable bonds is 1. The van der Waals surface area contributed by atoms with E-state index >= 15 is 0 Å². The van der Waals surface area contributed by atoms with Gasteiger partial charge in [-0.25, -0.2) is 4.99 Å². The molecule has 7 heterocycles. The van der Waals surface area contributed by atoms with Gasteiger partial charge in [0, 0.05) is 46.1 Å². The molecule has 1 fully saturated rings. The molecule has 0 saturated carbocycles. The normalized spacial score (nSPS) is 23.5. The number of carbonyl (C=O) groups excluding carboxylic acids is 1. The van der Waals surface area contributed by atoms with E-state index in [1.807, 2.05) is 0 Å². The number of fused-ring (bicyclic) bond motifs is 6. The number of hydrogen-bond acceptors (Lipinski definition) is 8. The number of thiophene rings is 2. The van der Waals surface area contributed by atoms with Crippen LogP contribution in [0, 0.1) is 25.2 Å². The van der Waals surface area contributed by atoms with Gasteiger partial charge in [-0.1, -0.05) is 11.3 Å². The highest BCUT2D eigenvalue weighted by molar-refractivity contribution is 7.21. The number of nitrogens with zero attached hydrogens (tertiary/aromatic N) is 4. The zero-order chi connectivity index (χ0) is 23.3. The fourth-order valence-electron chi connectivity index (χ4n) is 6.60. The highest BCUT2D eigenvalue weighted by Gasteiger charge is 2.47. The van der Waals surface area contributed by atoms with E-state index < -0.39 is 0 Å². The van der Waals surface area contributed by atoms with Crippen LogP contribution in [0.2, 0.25) is 0 Å². The predicted octanol–water partition coefficient (Wildman–Crippen LogP) is 5.19. The van der Waals surface area contributed by atoms with Gasteiger partial charge in [-0.05, 0) is 57.1 Å². The molecular weight excluding hydrogens is 462 g/mol. The molecule has 2 aromatic heterocycles. The van der Waals surface area contributed by atoms with Gasteiger partial charge in [-0.15, -0.1) is 11.3 Å². The first-order valence-electron chi connectivity index (χ1n) is 12.0. The molecule has 1 aliphatic carbocycles. The van der Waals surface area contributed by atoms with Gasteiger partial charge in [0.15, 0.2) is 11.6 Å². The predicted molar refractivity (Wildman–Crippen MR) is 137 cm³/mol. The number of Topliss-reactive ketones (excluding diaryl/α,β-unsaturated/α-hetero) is 1. The SMILES string of the molecule is Cc1cc(C2C(C#N)=C3N=C(N)c4c(sc5c4C4CCN5CC4)N3C3=C2C(=O)CCC3)c(C)s1. The molecule has 2 aromatic rings. The van der Waals surface area contributed by atoms with Crippen molar-refractivity contribution in [1.29, 1.82) is 5.26 Å². The maximum absolute atomic E-state index is 13.5. The van der Waals surface area contributed by atoms with Crippen molar-refractivity contribution in [3.8, 4) is 6.07 Å². The minimum Gasteiger partial charge on any atom is -0.383 e. The molecule has 0 aromatic carbocycles. The molecule has 8 heteroatoms. The summed E-state index contributed by atoms with van der Waals surface area (Å²) >= 11 is 3.48. The summed E-state index contributed by atoms with van der Waals surface area (Å²) in [6.45, 7) is 6.34. The number of allylic oxidation sites excluding steroid dienone is 3. The van der Waals surface area contributed by atoms with Crippen molar-refractivity contribution < 1.29 is 4.79 Å². The molecule has 0 amide bonds. The number of nitriles is 1. The Hall–Kier alpha value is -2.89. The van der Waals surface area contributed by atoms with Crippen molar-refractivity contribution in [2.24, 2.45) is 10.7 Å². The molecule has 1 saturated heterocycles. The van der Waals surface area contributed by atoms with Gasteiger partial charge < -0.3 is 10.6 Å². The summed E-state index contributed by atoms with van der Waals surface area (Å²) < 4.78 is 0. The fraction of sp³-hybridized carbons (Fsp3) is 0.423. The van der Waals surface area contributed by atoms with Gasteiger partial charge in [0.25, 0.3) is 0 Å². The van der Waals surface area contributed by atoms with Gasteiger partial charge >= 0.3 is 0 Å². The Morgan fingerprint density at radius 2 is 1.97 bits per heavy atom. The van der Waals surface area contributed by atoms with E-state index in [-0.39, 0.29) is 11.7 Å². The molecule has 8 rings (SSSR count). The Bertz CT molecular complexity index is 1420. The van der Waals surface area contributed by atoms with Crippen LogP contribution in [0.4, 0.5) is 10.0 Å². The zero-order valence-electron chi connectivity index (χ0n) is 19.3. The topological polar surface area (TPSA) is 85.7 Å². The molecule has 2 N–H and O–H groups in total. The minimum atomic E-state index is -0.364. The van der Waals surface area contributed by atoms with Crippen LogP contribution in [-0.2, 0) is 4.79 Å². The lowest BCUT2D eigenvalue weighted by Gasteiger charge is -2.41. The van der Waals surface area contributed by atoms with Crippen molar-refractivity contribution in [2.45, 2.75) is 57.8 Å². The molecule has 1 unspecified atom stereocenters. The first-order valence-corrected chi connectivity index (χ1v) is 13.6. The molecule has 0 spiro atoms. The van der Waals surface area contributed by atoms with Gasteiger partial charge in [-0.2, -0.15) is 5.26 Å². The van der Waals surface area contributed by atoms with Crippen molar-refractivity contribution in [1.82, 2.24) is 0 Å². The lowest BCUT2D eigenvalue weighted by atomic mass is 9.75. The molecule has 172 valence electrons. The van der Waals surface area contributed by atoms with Crippen LogP contribution in [0.15, 0.2) is 33.7 Å². The second-order valence-electron chi connectivity index (χ2n) is 9.88. The third-order valence-electron chi connectivity index (χ3n) is 8.02. The first kappa shape index (κ1) is 20.5. The number of hydrogen-bond donors (Lipinski definition) is 1. The van der Waals surface area contributed by atoms with Crippen LogP contribution in [0.5, 0.6) is 0 Å². The molecular formula is C26H25N5OS2. The monoisotopic (exact) mass is 487 g/mol. The second-order valence-corrected chi connectivity index (χ2v) is 12.3. The van der Waals surface area contributed by atoms with E-state index in [4.69, 9.17) is 10.7 Å². The number of anilines is 2. The van der Waals surface area contributed by atoms with Crippen molar-refractivity contribution in [3.63, 3.8) is 0 Å². The van der Waals surface area contributed by atoms with E-state index in [1.165, 1.54) is 15.4 Å². The Balaban J connectivity index is 1.52. The summed E-state index contributed by atoms with van der Waals surface area (Å²) in [5.41, 5.74) is 12.5. The summed E-state index contributed by atoms with van der Waals surface area (Å²) in [5.74, 6) is 1.45. The van der Waals surface area contributed by atoms with E-state index in [1.54, 1.807) is 22.7 Å². The number of amidine groups is 1. The maximum atomic E-state index is 13.5. The van der Waals surface area contributed by atoms with Gasteiger partial charge in [0.05, 0.1) is 28.1 Å². The number of carbonyl (C=O) groups is 1. The lowest BCUT2D eigenvalue weighted by molar-refractivity contribution is -0.116. The maximum Gasteiger partial charge on any atom is 0.161 e. The Labute approximate surface area is 206 Å². The zero-order valence-corrected chi connectivity index (χ0v) is 20.9. The summed E-state index contributed by atoms with van der Waals surface area (Å²) in [6, 6.07) is 4.61. The molecule has 2 bridgehead atoms. The number of aryl methyl sites for hydroxylation is 2. The second kappa shape index (κ2) is 7.06. The molecule has 5 aliphatic heterocycles. The van der Waals surface area contributed by atoms with Crippen molar-refractivity contribution >= 4 is 44.3 Å². The largest absolute Gasteiger partial charge is 0.383 e. The highest BCUT2D eigenvalue weighted by atomic mass is 32.1. The van der Waals surface area contributed by atoms with Crippen LogP contribution in [0.1, 0.15) is 70.4 Å². The third-order valence-corrected chi connectivity index (χ3v) is 10.3. The lowest BCUT2D eigenvalue weighted by Crippen LogP contribution is -2.40. The Kier molecular flexibility index (Phi) is 4.25. The van der Waals surface area contributed by atoms with E-state index in [9.17, 15) is 10.1 Å². The van der Waals surface area contributed by atoms with Gasteiger partial charge in [-0.3, -0.25) is 9.69 Å². The fourth-order valence-corrected chi connectivity index (χ4v) is 9.04. The summed E-state index contributed by atoms with van der Waals surface area (Å²) in [5, 5.41) is 12.8. The summed E-state index contributed by atoms with van der Waals surface area (Å²) in [7, 11) is 0. The average Bonchev–Trinajstić information content (AvgIpc) is 3.40. The summed E-state index contributed by atoms with van der Waals surface area (Å²) in [4.78, 5) is 25.3. The van der Waals surface area contributed by atoms with Crippen LogP contribution >= 0.6 is 22.7 Å². The van der Waals surface area contributed by atoms with Crippen LogP contribution in [0.25, 0.3) is 0 Å².